The standard InChI is InChI=1S/C20H30N6O/c1-13-14(2)16(4)18(17(5)15(13)3)11-21-20(27)26-9-7-25(8-10-26)19-23-22-12-24(19)6/h12H,7-11H2,1-6H3,(H,21,27). The van der Waals surface area contributed by atoms with Crippen LogP contribution in [-0.4, -0.2) is 51.9 Å². The van der Waals surface area contributed by atoms with Gasteiger partial charge in [0.25, 0.3) is 0 Å². The number of aryl methyl sites for hydroxylation is 1. The van der Waals surface area contributed by atoms with Crippen molar-refractivity contribution in [2.45, 2.75) is 41.2 Å². The quantitative estimate of drug-likeness (QED) is 0.901. The summed E-state index contributed by atoms with van der Waals surface area (Å²) < 4.78 is 1.91. The number of aromatic nitrogens is 3. The molecule has 3 rings (SSSR count). The van der Waals surface area contributed by atoms with Crippen LogP contribution in [0.1, 0.15) is 33.4 Å². The monoisotopic (exact) mass is 370 g/mol. The molecule has 0 bridgehead atoms. The van der Waals surface area contributed by atoms with Crippen molar-refractivity contribution in [3.63, 3.8) is 0 Å². The van der Waals surface area contributed by atoms with E-state index in [-0.39, 0.29) is 6.03 Å². The fourth-order valence-corrected chi connectivity index (χ4v) is 3.79. The number of piperazine rings is 1. The molecule has 0 spiro atoms. The Kier molecular flexibility index (Phi) is 5.39. The summed E-state index contributed by atoms with van der Waals surface area (Å²) in [6.45, 7) is 14.3. The summed E-state index contributed by atoms with van der Waals surface area (Å²) in [6, 6.07) is 0.00213. The Morgan fingerprint density at radius 1 is 0.963 bits per heavy atom. The van der Waals surface area contributed by atoms with Crippen molar-refractivity contribution in [3.8, 4) is 0 Å². The van der Waals surface area contributed by atoms with Crippen LogP contribution in [0.3, 0.4) is 0 Å². The summed E-state index contributed by atoms with van der Waals surface area (Å²) >= 11 is 0. The number of rotatable bonds is 3. The average Bonchev–Trinajstić information content (AvgIpc) is 3.10. The Morgan fingerprint density at radius 2 is 1.52 bits per heavy atom. The molecule has 0 aliphatic carbocycles. The molecular formula is C20H30N6O. The molecule has 0 atom stereocenters. The smallest absolute Gasteiger partial charge is 0.317 e. The van der Waals surface area contributed by atoms with Gasteiger partial charge in [0.05, 0.1) is 0 Å². The molecular weight excluding hydrogens is 340 g/mol. The lowest BCUT2D eigenvalue weighted by atomic mass is 9.89. The van der Waals surface area contributed by atoms with E-state index in [1.807, 2.05) is 16.5 Å². The lowest BCUT2D eigenvalue weighted by Gasteiger charge is -2.35. The highest BCUT2D eigenvalue weighted by atomic mass is 16.2. The van der Waals surface area contributed by atoms with Crippen molar-refractivity contribution in [2.75, 3.05) is 31.1 Å². The summed E-state index contributed by atoms with van der Waals surface area (Å²) in [5.74, 6) is 0.854. The van der Waals surface area contributed by atoms with Crippen LogP contribution >= 0.6 is 0 Å². The molecule has 1 saturated heterocycles. The van der Waals surface area contributed by atoms with Crippen molar-refractivity contribution in [3.05, 3.63) is 39.7 Å². The van der Waals surface area contributed by atoms with E-state index in [9.17, 15) is 4.79 Å². The van der Waals surface area contributed by atoms with Crippen LogP contribution in [-0.2, 0) is 13.6 Å². The molecule has 1 aromatic carbocycles. The first-order valence-electron chi connectivity index (χ1n) is 9.48. The second kappa shape index (κ2) is 7.58. The third-order valence-electron chi connectivity index (χ3n) is 6.11. The number of anilines is 1. The lowest BCUT2D eigenvalue weighted by Crippen LogP contribution is -2.52. The molecule has 7 heteroatoms. The molecule has 2 aromatic rings. The Balaban J connectivity index is 1.61. The van der Waals surface area contributed by atoms with Crippen molar-refractivity contribution < 1.29 is 4.79 Å². The van der Waals surface area contributed by atoms with Crippen LogP contribution < -0.4 is 10.2 Å². The van der Waals surface area contributed by atoms with Crippen molar-refractivity contribution in [2.24, 2.45) is 7.05 Å². The SMILES string of the molecule is Cc1c(C)c(C)c(CNC(=O)N2CCN(c3nncn3C)CC2)c(C)c1C. The predicted octanol–water partition coefficient (Wildman–Crippen LogP) is 2.39. The Hall–Kier alpha value is -2.57. The highest BCUT2D eigenvalue weighted by Gasteiger charge is 2.23. The van der Waals surface area contributed by atoms with Gasteiger partial charge in [-0.3, -0.25) is 0 Å². The zero-order valence-corrected chi connectivity index (χ0v) is 17.3. The summed E-state index contributed by atoms with van der Waals surface area (Å²) in [7, 11) is 1.94. The number of carbonyl (C=O) groups excluding carboxylic acids is 1. The number of amides is 2. The number of benzene rings is 1. The second-order valence-corrected chi connectivity index (χ2v) is 7.48. The molecule has 0 radical (unpaired) electrons. The van der Waals surface area contributed by atoms with Gasteiger partial charge in [-0.2, -0.15) is 0 Å². The van der Waals surface area contributed by atoms with Gasteiger partial charge >= 0.3 is 6.03 Å². The van der Waals surface area contributed by atoms with E-state index >= 15 is 0 Å². The largest absolute Gasteiger partial charge is 0.337 e. The molecule has 1 aromatic heterocycles. The maximum Gasteiger partial charge on any atom is 0.317 e. The third-order valence-corrected chi connectivity index (χ3v) is 6.11. The minimum Gasteiger partial charge on any atom is -0.337 e. The Labute approximate surface area is 161 Å². The molecule has 2 amide bonds. The maximum atomic E-state index is 12.7. The van der Waals surface area contributed by atoms with Crippen molar-refractivity contribution in [1.29, 1.82) is 0 Å². The second-order valence-electron chi connectivity index (χ2n) is 7.48. The van der Waals surface area contributed by atoms with E-state index in [4.69, 9.17) is 0 Å². The topological polar surface area (TPSA) is 66.3 Å². The van der Waals surface area contributed by atoms with E-state index in [1.54, 1.807) is 6.33 Å². The van der Waals surface area contributed by atoms with Gasteiger partial charge in [-0.05, 0) is 68.0 Å². The number of urea groups is 1. The van der Waals surface area contributed by atoms with Gasteiger partial charge in [-0.1, -0.05) is 0 Å². The van der Waals surface area contributed by atoms with Gasteiger partial charge in [-0.25, -0.2) is 4.79 Å². The highest BCUT2D eigenvalue weighted by Crippen LogP contribution is 2.26. The molecule has 1 aliphatic heterocycles. The van der Waals surface area contributed by atoms with Crippen LogP contribution in [0.2, 0.25) is 0 Å². The molecule has 2 heterocycles. The van der Waals surface area contributed by atoms with E-state index in [1.165, 1.54) is 33.4 Å². The van der Waals surface area contributed by atoms with Crippen molar-refractivity contribution in [1.82, 2.24) is 25.0 Å². The molecule has 1 aliphatic rings. The molecule has 1 fully saturated rings. The fourth-order valence-electron chi connectivity index (χ4n) is 3.79. The van der Waals surface area contributed by atoms with Crippen LogP contribution in [0.5, 0.6) is 0 Å². The molecule has 27 heavy (non-hydrogen) atoms. The summed E-state index contributed by atoms with van der Waals surface area (Å²) in [5.41, 5.74) is 7.78. The Bertz CT molecular complexity index is 819. The number of nitrogens with one attached hydrogen (secondary N) is 1. The number of carbonyl (C=O) groups is 1. The van der Waals surface area contributed by atoms with Gasteiger partial charge in [0.2, 0.25) is 5.95 Å². The first-order chi connectivity index (χ1) is 12.8. The fraction of sp³-hybridized carbons (Fsp3) is 0.550. The van der Waals surface area contributed by atoms with Crippen molar-refractivity contribution >= 4 is 12.0 Å². The summed E-state index contributed by atoms with van der Waals surface area (Å²) in [5, 5.41) is 11.2. The number of nitrogens with zero attached hydrogens (tertiary/aromatic N) is 5. The van der Waals surface area contributed by atoms with E-state index in [0.29, 0.717) is 19.6 Å². The zero-order valence-electron chi connectivity index (χ0n) is 17.3. The average molecular weight is 371 g/mol. The number of hydrogen-bond donors (Lipinski definition) is 1. The maximum absolute atomic E-state index is 12.7. The van der Waals surface area contributed by atoms with Crippen LogP contribution in [0.15, 0.2) is 6.33 Å². The van der Waals surface area contributed by atoms with Gasteiger partial charge in [0.15, 0.2) is 0 Å². The van der Waals surface area contributed by atoms with Crippen LogP contribution in [0, 0.1) is 34.6 Å². The minimum atomic E-state index is 0.00213. The highest BCUT2D eigenvalue weighted by molar-refractivity contribution is 5.74. The molecule has 146 valence electrons. The lowest BCUT2D eigenvalue weighted by molar-refractivity contribution is 0.193. The molecule has 0 unspecified atom stereocenters. The minimum absolute atomic E-state index is 0.00213. The van der Waals surface area contributed by atoms with Gasteiger partial charge in [-0.15, -0.1) is 10.2 Å². The van der Waals surface area contributed by atoms with E-state index in [0.717, 1.165) is 19.0 Å². The third kappa shape index (κ3) is 3.63. The Morgan fingerprint density at radius 3 is 2.04 bits per heavy atom. The first kappa shape index (κ1) is 19.2. The first-order valence-corrected chi connectivity index (χ1v) is 9.48. The molecule has 7 nitrogen and oxygen atoms in total. The zero-order chi connectivity index (χ0) is 19.7. The summed E-state index contributed by atoms with van der Waals surface area (Å²) in [6.07, 6.45) is 1.70. The van der Waals surface area contributed by atoms with E-state index in [2.05, 4.69) is 55.0 Å². The molecule has 0 saturated carbocycles. The number of hydrogen-bond acceptors (Lipinski definition) is 4. The van der Waals surface area contributed by atoms with Gasteiger partial charge < -0.3 is 19.7 Å². The van der Waals surface area contributed by atoms with Gasteiger partial charge in [0, 0.05) is 39.8 Å². The van der Waals surface area contributed by atoms with Crippen LogP contribution in [0.25, 0.3) is 0 Å². The predicted molar refractivity (Wildman–Crippen MR) is 107 cm³/mol. The summed E-state index contributed by atoms with van der Waals surface area (Å²) in [4.78, 5) is 16.7. The normalized spacial score (nSPS) is 14.6. The molecule has 1 N–H and O–H groups in total. The van der Waals surface area contributed by atoms with Crippen LogP contribution in [0.4, 0.5) is 10.7 Å². The van der Waals surface area contributed by atoms with Gasteiger partial charge in [0.1, 0.15) is 6.33 Å². The van der Waals surface area contributed by atoms with E-state index < -0.39 is 0 Å².